The van der Waals surface area contributed by atoms with E-state index in [1.54, 1.807) is 0 Å². The molecule has 5 heteroatoms. The Bertz CT molecular complexity index is 827. The smallest absolute Gasteiger partial charge is 0.253 e. The number of carbonyl (C=O) groups is 2. The van der Waals surface area contributed by atoms with E-state index in [1.807, 2.05) is 41.8 Å². The monoisotopic (exact) mass is 396 g/mol. The Kier molecular flexibility index (Phi) is 7.15. The zero-order chi connectivity index (χ0) is 19.9. The average Bonchev–Trinajstić information content (AvgIpc) is 2.74. The van der Waals surface area contributed by atoms with Gasteiger partial charge in [0.05, 0.1) is 0 Å². The maximum atomic E-state index is 12.6. The van der Waals surface area contributed by atoms with Gasteiger partial charge in [-0.3, -0.25) is 9.59 Å². The molecule has 2 amide bonds. The molecule has 28 heavy (non-hydrogen) atoms. The van der Waals surface area contributed by atoms with Crippen molar-refractivity contribution >= 4 is 29.3 Å². The second-order valence-corrected chi connectivity index (χ2v) is 8.38. The van der Waals surface area contributed by atoms with E-state index >= 15 is 0 Å². The zero-order valence-electron chi connectivity index (χ0n) is 16.7. The minimum absolute atomic E-state index is 0.00481. The van der Waals surface area contributed by atoms with Crippen LogP contribution in [0.25, 0.3) is 0 Å². The fraction of sp³-hybridized carbons (Fsp3) is 0.391. The highest BCUT2D eigenvalue weighted by Gasteiger charge is 2.19. The van der Waals surface area contributed by atoms with Crippen molar-refractivity contribution in [2.75, 3.05) is 29.9 Å². The van der Waals surface area contributed by atoms with Gasteiger partial charge in [0.25, 0.3) is 5.91 Å². The summed E-state index contributed by atoms with van der Waals surface area (Å²) >= 11 is 1.89. The number of carbonyl (C=O) groups excluding carboxylic acids is 2. The minimum atomic E-state index is -0.00481. The molecule has 148 valence electrons. The van der Waals surface area contributed by atoms with Gasteiger partial charge in [-0.15, -0.1) is 0 Å². The number of aryl methyl sites for hydroxylation is 3. The summed E-state index contributed by atoms with van der Waals surface area (Å²) in [6.07, 6.45) is 2.19. The number of benzene rings is 2. The molecule has 0 spiro atoms. The Balaban J connectivity index is 1.56. The van der Waals surface area contributed by atoms with E-state index in [0.29, 0.717) is 12.0 Å². The molecule has 4 nitrogen and oxygen atoms in total. The summed E-state index contributed by atoms with van der Waals surface area (Å²) in [6, 6.07) is 14.0. The average molecular weight is 397 g/mol. The van der Waals surface area contributed by atoms with Crippen molar-refractivity contribution < 1.29 is 9.59 Å². The SMILES string of the molecule is CCc1ccc(CCC(=O)Nc2ccc(C(=O)N3CCSCC3)cc2C)cc1. The summed E-state index contributed by atoms with van der Waals surface area (Å²) in [7, 11) is 0. The molecule has 1 aliphatic rings. The minimum Gasteiger partial charge on any atom is -0.337 e. The molecule has 0 aliphatic carbocycles. The van der Waals surface area contributed by atoms with Crippen LogP contribution in [0.5, 0.6) is 0 Å². The molecule has 1 saturated heterocycles. The van der Waals surface area contributed by atoms with Gasteiger partial charge in [-0.1, -0.05) is 31.2 Å². The molecule has 1 heterocycles. The van der Waals surface area contributed by atoms with E-state index in [9.17, 15) is 9.59 Å². The molecule has 0 atom stereocenters. The van der Waals surface area contributed by atoms with Crippen molar-refractivity contribution in [3.63, 3.8) is 0 Å². The molecule has 0 radical (unpaired) electrons. The standard InChI is InChI=1S/C23H28N2O2S/c1-3-18-4-6-19(7-5-18)8-11-22(26)24-21-10-9-20(16-17(21)2)23(27)25-12-14-28-15-13-25/h4-7,9-10,16H,3,8,11-15H2,1-2H3,(H,24,26). The molecular weight excluding hydrogens is 368 g/mol. The van der Waals surface area contributed by atoms with Crippen molar-refractivity contribution in [1.29, 1.82) is 0 Å². The number of rotatable bonds is 6. The van der Waals surface area contributed by atoms with Gasteiger partial charge < -0.3 is 10.2 Å². The van der Waals surface area contributed by atoms with Crippen molar-refractivity contribution in [3.8, 4) is 0 Å². The lowest BCUT2D eigenvalue weighted by Crippen LogP contribution is -2.37. The molecule has 1 aliphatic heterocycles. The molecule has 0 bridgehead atoms. The van der Waals surface area contributed by atoms with Crippen LogP contribution in [0.3, 0.4) is 0 Å². The van der Waals surface area contributed by atoms with Gasteiger partial charge in [-0.2, -0.15) is 11.8 Å². The summed E-state index contributed by atoms with van der Waals surface area (Å²) in [4.78, 5) is 26.9. The first-order valence-corrected chi connectivity index (χ1v) is 11.1. The first-order chi connectivity index (χ1) is 13.6. The van der Waals surface area contributed by atoms with Crippen LogP contribution in [-0.4, -0.2) is 41.3 Å². The van der Waals surface area contributed by atoms with Gasteiger partial charge in [-0.05, 0) is 54.7 Å². The lowest BCUT2D eigenvalue weighted by Gasteiger charge is -2.26. The molecule has 1 fully saturated rings. The third-order valence-electron chi connectivity index (χ3n) is 5.12. The van der Waals surface area contributed by atoms with Crippen LogP contribution in [0.2, 0.25) is 0 Å². The Morgan fingerprint density at radius 1 is 1.04 bits per heavy atom. The second kappa shape index (κ2) is 9.78. The fourth-order valence-corrected chi connectivity index (χ4v) is 4.20. The van der Waals surface area contributed by atoms with Gasteiger partial charge in [0, 0.05) is 42.3 Å². The zero-order valence-corrected chi connectivity index (χ0v) is 17.5. The predicted octanol–water partition coefficient (Wildman–Crippen LogP) is 4.32. The van der Waals surface area contributed by atoms with Crippen LogP contribution in [0, 0.1) is 6.92 Å². The summed E-state index contributed by atoms with van der Waals surface area (Å²) in [5, 5.41) is 2.98. The maximum absolute atomic E-state index is 12.6. The molecule has 0 unspecified atom stereocenters. The number of hydrogen-bond donors (Lipinski definition) is 1. The molecule has 3 rings (SSSR count). The predicted molar refractivity (Wildman–Crippen MR) is 117 cm³/mol. The number of nitrogens with zero attached hydrogens (tertiary/aromatic N) is 1. The Morgan fingerprint density at radius 2 is 1.71 bits per heavy atom. The van der Waals surface area contributed by atoms with Crippen molar-refractivity contribution in [2.24, 2.45) is 0 Å². The number of thioether (sulfide) groups is 1. The summed E-state index contributed by atoms with van der Waals surface area (Å²) in [6.45, 7) is 5.68. The van der Waals surface area contributed by atoms with E-state index in [-0.39, 0.29) is 11.8 Å². The van der Waals surface area contributed by atoms with Gasteiger partial charge in [0.2, 0.25) is 5.91 Å². The van der Waals surface area contributed by atoms with Crippen LogP contribution in [0.4, 0.5) is 5.69 Å². The van der Waals surface area contributed by atoms with Crippen LogP contribution in [0.15, 0.2) is 42.5 Å². The topological polar surface area (TPSA) is 49.4 Å². The molecular formula is C23H28N2O2S. The Hall–Kier alpha value is -2.27. The third kappa shape index (κ3) is 5.38. The van der Waals surface area contributed by atoms with Crippen LogP contribution in [-0.2, 0) is 17.6 Å². The molecule has 0 aromatic heterocycles. The summed E-state index contributed by atoms with van der Waals surface area (Å²) in [5.74, 6) is 2.08. The van der Waals surface area contributed by atoms with Crippen molar-refractivity contribution in [2.45, 2.75) is 33.1 Å². The lowest BCUT2D eigenvalue weighted by molar-refractivity contribution is -0.116. The van der Waals surface area contributed by atoms with Gasteiger partial charge in [0.1, 0.15) is 0 Å². The number of hydrogen-bond acceptors (Lipinski definition) is 3. The van der Waals surface area contributed by atoms with E-state index in [1.165, 1.54) is 11.1 Å². The number of anilines is 1. The molecule has 2 aromatic carbocycles. The van der Waals surface area contributed by atoms with Crippen LogP contribution < -0.4 is 5.32 Å². The Morgan fingerprint density at radius 3 is 2.36 bits per heavy atom. The highest BCUT2D eigenvalue weighted by molar-refractivity contribution is 7.99. The van der Waals surface area contributed by atoms with E-state index in [2.05, 4.69) is 36.5 Å². The maximum Gasteiger partial charge on any atom is 0.253 e. The van der Waals surface area contributed by atoms with Crippen molar-refractivity contribution in [3.05, 3.63) is 64.7 Å². The Labute approximate surface area is 171 Å². The first kappa shape index (κ1) is 20.5. The number of amides is 2. The lowest BCUT2D eigenvalue weighted by atomic mass is 10.1. The molecule has 0 saturated carbocycles. The number of nitrogens with one attached hydrogen (secondary N) is 1. The van der Waals surface area contributed by atoms with Crippen LogP contribution >= 0.6 is 11.8 Å². The van der Waals surface area contributed by atoms with Gasteiger partial charge in [-0.25, -0.2) is 0 Å². The summed E-state index contributed by atoms with van der Waals surface area (Å²) < 4.78 is 0. The summed E-state index contributed by atoms with van der Waals surface area (Å²) in [5.41, 5.74) is 4.86. The van der Waals surface area contributed by atoms with Crippen molar-refractivity contribution in [1.82, 2.24) is 4.90 Å². The largest absolute Gasteiger partial charge is 0.337 e. The third-order valence-corrected chi connectivity index (χ3v) is 6.06. The van der Waals surface area contributed by atoms with E-state index in [4.69, 9.17) is 0 Å². The molecule has 2 aromatic rings. The van der Waals surface area contributed by atoms with Gasteiger partial charge in [0.15, 0.2) is 0 Å². The molecule has 1 N–H and O–H groups in total. The second-order valence-electron chi connectivity index (χ2n) is 7.15. The normalized spacial score (nSPS) is 14.0. The highest BCUT2D eigenvalue weighted by atomic mass is 32.2. The van der Waals surface area contributed by atoms with E-state index in [0.717, 1.165) is 48.7 Å². The van der Waals surface area contributed by atoms with E-state index < -0.39 is 0 Å². The highest BCUT2D eigenvalue weighted by Crippen LogP contribution is 2.20. The fourth-order valence-electron chi connectivity index (χ4n) is 3.30. The van der Waals surface area contributed by atoms with Crippen LogP contribution in [0.1, 0.15) is 40.4 Å². The quantitative estimate of drug-likeness (QED) is 0.791. The van der Waals surface area contributed by atoms with Gasteiger partial charge >= 0.3 is 0 Å². The first-order valence-electron chi connectivity index (χ1n) is 9.92.